The van der Waals surface area contributed by atoms with Crippen LogP contribution in [0.25, 0.3) is 0 Å². The van der Waals surface area contributed by atoms with Crippen molar-refractivity contribution in [2.45, 2.75) is 6.42 Å². The normalized spacial score (nSPS) is 10.0. The van der Waals surface area contributed by atoms with E-state index in [-0.39, 0.29) is 12.3 Å². The number of nitrogens with one attached hydrogen (secondary N) is 1. The predicted octanol–water partition coefficient (Wildman–Crippen LogP) is 2.93. The van der Waals surface area contributed by atoms with Crippen molar-refractivity contribution in [3.05, 3.63) is 47.1 Å². The average Bonchev–Trinajstić information content (AvgIpc) is 2.50. The first kappa shape index (κ1) is 15.1. The largest absolute Gasteiger partial charge is 0.497 e. The van der Waals surface area contributed by atoms with Crippen LogP contribution in [0.5, 0.6) is 11.5 Å². The Balaban J connectivity index is 2.07. The molecule has 0 spiro atoms. The van der Waals surface area contributed by atoms with E-state index in [1.807, 2.05) is 0 Å². The number of carbonyl (C=O) groups is 1. The number of pyridine rings is 1. The zero-order valence-corrected chi connectivity index (χ0v) is 12.5. The Morgan fingerprint density at radius 2 is 2.05 bits per heavy atom. The lowest BCUT2D eigenvalue weighted by Gasteiger charge is -2.10. The third-order valence-corrected chi connectivity index (χ3v) is 3.06. The highest BCUT2D eigenvalue weighted by molar-refractivity contribution is 6.30. The summed E-state index contributed by atoms with van der Waals surface area (Å²) in [5.74, 6) is 1.55. The Bertz CT molecular complexity index is 629. The lowest BCUT2D eigenvalue weighted by molar-refractivity contribution is -0.115. The Kier molecular flexibility index (Phi) is 5.00. The molecule has 0 radical (unpaired) electrons. The molecule has 0 fully saturated rings. The number of rotatable bonds is 5. The van der Waals surface area contributed by atoms with Gasteiger partial charge < -0.3 is 14.8 Å². The first-order valence-corrected chi connectivity index (χ1v) is 6.62. The highest BCUT2D eigenvalue weighted by atomic mass is 35.5. The molecule has 0 saturated carbocycles. The predicted molar refractivity (Wildman–Crippen MR) is 81.1 cm³/mol. The molecule has 1 amide bonds. The molecule has 0 bridgehead atoms. The molecule has 110 valence electrons. The minimum absolute atomic E-state index is 0.178. The molecule has 0 aliphatic carbocycles. The maximum Gasteiger partial charge on any atom is 0.230 e. The number of hydrogen-bond acceptors (Lipinski definition) is 4. The molecule has 6 heteroatoms. The Labute approximate surface area is 127 Å². The number of benzene rings is 1. The second-order valence-electron chi connectivity index (χ2n) is 4.26. The zero-order chi connectivity index (χ0) is 15.2. The van der Waals surface area contributed by atoms with Crippen LogP contribution in [0.4, 0.5) is 5.82 Å². The molecule has 1 heterocycles. The number of aromatic nitrogens is 1. The van der Waals surface area contributed by atoms with Crippen molar-refractivity contribution in [2.24, 2.45) is 0 Å². The van der Waals surface area contributed by atoms with E-state index in [1.54, 1.807) is 44.6 Å². The molecule has 0 aliphatic rings. The summed E-state index contributed by atoms with van der Waals surface area (Å²) in [6, 6.07) is 8.63. The lowest BCUT2D eigenvalue weighted by Crippen LogP contribution is -2.15. The molecule has 2 aromatic rings. The number of amides is 1. The van der Waals surface area contributed by atoms with Gasteiger partial charge in [0.15, 0.2) is 0 Å². The van der Waals surface area contributed by atoms with E-state index in [9.17, 15) is 4.79 Å². The van der Waals surface area contributed by atoms with E-state index in [0.717, 1.165) is 5.56 Å². The van der Waals surface area contributed by atoms with Crippen LogP contribution in [0, 0.1) is 0 Å². The molecule has 0 atom stereocenters. The third kappa shape index (κ3) is 4.10. The molecule has 0 aliphatic heterocycles. The van der Waals surface area contributed by atoms with Gasteiger partial charge in [0.1, 0.15) is 17.3 Å². The number of halogens is 1. The van der Waals surface area contributed by atoms with Crippen molar-refractivity contribution < 1.29 is 14.3 Å². The number of anilines is 1. The van der Waals surface area contributed by atoms with Crippen LogP contribution in [0.1, 0.15) is 5.56 Å². The number of ether oxygens (including phenoxy) is 2. The first-order chi connectivity index (χ1) is 10.1. The minimum atomic E-state index is -0.187. The van der Waals surface area contributed by atoms with Gasteiger partial charge in [0.25, 0.3) is 0 Å². The highest BCUT2D eigenvalue weighted by Gasteiger charge is 2.10. The van der Waals surface area contributed by atoms with E-state index in [1.165, 1.54) is 6.20 Å². The number of nitrogens with zero attached hydrogens (tertiary/aromatic N) is 1. The summed E-state index contributed by atoms with van der Waals surface area (Å²) in [6.45, 7) is 0. The summed E-state index contributed by atoms with van der Waals surface area (Å²) in [7, 11) is 3.13. The van der Waals surface area contributed by atoms with Gasteiger partial charge in [0.2, 0.25) is 5.91 Å². The van der Waals surface area contributed by atoms with Gasteiger partial charge in [0.05, 0.1) is 25.7 Å². The molecular formula is C15H15ClN2O3. The van der Waals surface area contributed by atoms with Gasteiger partial charge in [-0.05, 0) is 18.2 Å². The second kappa shape index (κ2) is 6.95. The van der Waals surface area contributed by atoms with Crippen molar-refractivity contribution in [1.29, 1.82) is 0 Å². The molecular weight excluding hydrogens is 292 g/mol. The van der Waals surface area contributed by atoms with Crippen molar-refractivity contribution in [1.82, 2.24) is 4.98 Å². The topological polar surface area (TPSA) is 60.5 Å². The fraction of sp³-hybridized carbons (Fsp3) is 0.200. The van der Waals surface area contributed by atoms with Crippen molar-refractivity contribution in [2.75, 3.05) is 19.5 Å². The van der Waals surface area contributed by atoms with E-state index in [2.05, 4.69) is 10.3 Å². The van der Waals surface area contributed by atoms with Gasteiger partial charge in [-0.3, -0.25) is 4.79 Å². The van der Waals surface area contributed by atoms with Crippen molar-refractivity contribution in [3.63, 3.8) is 0 Å². The maximum absolute atomic E-state index is 12.0. The fourth-order valence-electron chi connectivity index (χ4n) is 1.81. The number of hydrogen-bond donors (Lipinski definition) is 1. The molecule has 5 nitrogen and oxygen atoms in total. The molecule has 2 rings (SSSR count). The first-order valence-electron chi connectivity index (χ1n) is 6.24. The van der Waals surface area contributed by atoms with E-state index < -0.39 is 0 Å². The van der Waals surface area contributed by atoms with Crippen LogP contribution in [0.2, 0.25) is 5.02 Å². The van der Waals surface area contributed by atoms with Crippen LogP contribution >= 0.6 is 11.6 Å². The molecule has 1 aromatic heterocycles. The van der Waals surface area contributed by atoms with Gasteiger partial charge in [-0.2, -0.15) is 0 Å². The standard InChI is InChI=1S/C15H15ClN2O3/c1-20-12-5-3-10(13(8-12)21-2)7-15(19)18-14-6-4-11(16)9-17-14/h3-6,8-9H,7H2,1-2H3,(H,17,18,19). The number of methoxy groups -OCH3 is 2. The average molecular weight is 307 g/mol. The summed E-state index contributed by atoms with van der Waals surface area (Å²) >= 11 is 5.74. The van der Waals surface area contributed by atoms with E-state index in [4.69, 9.17) is 21.1 Å². The second-order valence-corrected chi connectivity index (χ2v) is 4.70. The van der Waals surface area contributed by atoms with Gasteiger partial charge in [-0.25, -0.2) is 4.98 Å². The van der Waals surface area contributed by atoms with Crippen LogP contribution in [0.15, 0.2) is 36.5 Å². The van der Waals surface area contributed by atoms with Gasteiger partial charge in [-0.15, -0.1) is 0 Å². The summed E-state index contributed by atoms with van der Waals surface area (Å²) in [6.07, 6.45) is 1.66. The Morgan fingerprint density at radius 3 is 2.67 bits per heavy atom. The fourth-order valence-corrected chi connectivity index (χ4v) is 1.92. The smallest absolute Gasteiger partial charge is 0.230 e. The quantitative estimate of drug-likeness (QED) is 0.922. The van der Waals surface area contributed by atoms with E-state index >= 15 is 0 Å². The van der Waals surface area contributed by atoms with Gasteiger partial charge in [0, 0.05) is 17.8 Å². The Morgan fingerprint density at radius 1 is 1.24 bits per heavy atom. The van der Waals surface area contributed by atoms with Crippen molar-refractivity contribution in [3.8, 4) is 11.5 Å². The SMILES string of the molecule is COc1ccc(CC(=O)Nc2ccc(Cl)cn2)c(OC)c1. The van der Waals surface area contributed by atoms with Gasteiger partial charge in [-0.1, -0.05) is 17.7 Å². The van der Waals surface area contributed by atoms with Gasteiger partial charge >= 0.3 is 0 Å². The van der Waals surface area contributed by atoms with Crippen LogP contribution in [-0.4, -0.2) is 25.1 Å². The Hall–Kier alpha value is -2.27. The van der Waals surface area contributed by atoms with Crippen LogP contribution in [0.3, 0.4) is 0 Å². The van der Waals surface area contributed by atoms with Crippen LogP contribution in [-0.2, 0) is 11.2 Å². The number of carbonyl (C=O) groups excluding carboxylic acids is 1. The van der Waals surface area contributed by atoms with Crippen LogP contribution < -0.4 is 14.8 Å². The summed E-state index contributed by atoms with van der Waals surface area (Å²) in [5.41, 5.74) is 0.768. The summed E-state index contributed by atoms with van der Waals surface area (Å²) < 4.78 is 10.4. The molecule has 1 N–H and O–H groups in total. The zero-order valence-electron chi connectivity index (χ0n) is 11.7. The summed E-state index contributed by atoms with van der Waals surface area (Å²) in [4.78, 5) is 16.0. The summed E-state index contributed by atoms with van der Waals surface area (Å²) in [5, 5.41) is 3.22. The monoisotopic (exact) mass is 306 g/mol. The van der Waals surface area contributed by atoms with E-state index in [0.29, 0.717) is 22.3 Å². The minimum Gasteiger partial charge on any atom is -0.497 e. The molecule has 21 heavy (non-hydrogen) atoms. The molecule has 1 aromatic carbocycles. The highest BCUT2D eigenvalue weighted by Crippen LogP contribution is 2.25. The third-order valence-electron chi connectivity index (χ3n) is 2.84. The van der Waals surface area contributed by atoms with Crippen molar-refractivity contribution >= 4 is 23.3 Å². The lowest BCUT2D eigenvalue weighted by atomic mass is 10.1. The molecule has 0 saturated heterocycles. The maximum atomic E-state index is 12.0. The molecule has 0 unspecified atom stereocenters.